The molecule has 0 atom stereocenters. The highest BCUT2D eigenvalue weighted by Gasteiger charge is 2.33. The first-order chi connectivity index (χ1) is 14.8. The molecule has 2 amide bonds. The normalized spacial score (nSPS) is 17.1. The van der Waals surface area contributed by atoms with E-state index in [4.69, 9.17) is 0 Å². The fourth-order valence-electron chi connectivity index (χ4n) is 3.53. The van der Waals surface area contributed by atoms with Crippen molar-refractivity contribution in [3.8, 4) is 0 Å². The summed E-state index contributed by atoms with van der Waals surface area (Å²) in [6, 6.07) is 11.8. The van der Waals surface area contributed by atoms with Crippen LogP contribution in [-0.2, 0) is 19.6 Å². The van der Waals surface area contributed by atoms with Crippen LogP contribution in [0.15, 0.2) is 53.4 Å². The third kappa shape index (κ3) is 4.14. The number of carbonyl (C=O) groups is 3. The Balaban J connectivity index is 1.41. The molecule has 0 aliphatic carbocycles. The van der Waals surface area contributed by atoms with Gasteiger partial charge in [0.1, 0.15) is 0 Å². The number of nitrogens with zero attached hydrogens (tertiary/aromatic N) is 2. The fraction of sp³-hybridized carbons (Fsp3) is 0.227. The Labute approximate surface area is 180 Å². The van der Waals surface area contributed by atoms with E-state index < -0.39 is 21.7 Å². The number of nitrogens with one attached hydrogen (secondary N) is 1. The molecule has 1 fully saturated rings. The minimum atomic E-state index is -3.85. The summed E-state index contributed by atoms with van der Waals surface area (Å²) < 4.78 is 27.3. The molecule has 0 unspecified atom stereocenters. The summed E-state index contributed by atoms with van der Waals surface area (Å²) in [5.41, 5.74) is 2.42. The zero-order valence-corrected chi connectivity index (χ0v) is 17.7. The van der Waals surface area contributed by atoms with Crippen LogP contribution in [0.2, 0.25) is 0 Å². The van der Waals surface area contributed by atoms with Crippen molar-refractivity contribution < 1.29 is 22.8 Å². The summed E-state index contributed by atoms with van der Waals surface area (Å²) in [5, 5.41) is 2.40. The molecule has 9 heteroatoms. The molecule has 0 saturated carbocycles. The third-order valence-electron chi connectivity index (χ3n) is 5.37. The second-order valence-electron chi connectivity index (χ2n) is 7.46. The van der Waals surface area contributed by atoms with Crippen LogP contribution in [0.3, 0.4) is 0 Å². The standard InChI is InChI=1S/C22H21N3O5S/c1-15-2-4-16(5-3-15)6-9-20(26)24-10-12-25(13-11-24)31(29,30)17-7-8-19-18(14-17)21(27)22(28)23-19/h2-9,14H,10-13H2,1H3,(H,23,27,28)/b9-6+. The number of rotatable bonds is 4. The molecular weight excluding hydrogens is 418 g/mol. The second-order valence-corrected chi connectivity index (χ2v) is 9.40. The molecule has 2 aliphatic heterocycles. The smallest absolute Gasteiger partial charge is 0.296 e. The maximum absolute atomic E-state index is 13.0. The number of piperazine rings is 1. The number of hydrogen-bond donors (Lipinski definition) is 1. The quantitative estimate of drug-likeness (QED) is 0.577. The monoisotopic (exact) mass is 439 g/mol. The Hall–Kier alpha value is -3.30. The summed E-state index contributed by atoms with van der Waals surface area (Å²) in [4.78, 5) is 37.4. The van der Waals surface area contributed by atoms with Crippen LogP contribution in [0.5, 0.6) is 0 Å². The lowest BCUT2D eigenvalue weighted by atomic mass is 10.1. The number of anilines is 1. The number of fused-ring (bicyclic) bond motifs is 1. The molecule has 2 aromatic rings. The van der Waals surface area contributed by atoms with E-state index in [1.807, 2.05) is 31.2 Å². The molecule has 4 rings (SSSR count). The van der Waals surface area contributed by atoms with E-state index in [0.29, 0.717) is 5.69 Å². The highest BCUT2D eigenvalue weighted by Crippen LogP contribution is 2.27. The van der Waals surface area contributed by atoms with Gasteiger partial charge in [0.05, 0.1) is 16.1 Å². The average molecular weight is 439 g/mol. The Kier molecular flexibility index (Phi) is 5.47. The molecule has 0 spiro atoms. The summed E-state index contributed by atoms with van der Waals surface area (Å²) in [6.45, 7) is 2.81. The zero-order valence-electron chi connectivity index (χ0n) is 16.9. The first-order valence-electron chi connectivity index (χ1n) is 9.79. The van der Waals surface area contributed by atoms with Crippen molar-refractivity contribution >= 4 is 39.4 Å². The molecule has 1 N–H and O–H groups in total. The van der Waals surface area contributed by atoms with Crippen LogP contribution < -0.4 is 5.32 Å². The van der Waals surface area contributed by atoms with E-state index in [0.717, 1.165) is 11.1 Å². The van der Waals surface area contributed by atoms with Gasteiger partial charge in [-0.15, -0.1) is 0 Å². The van der Waals surface area contributed by atoms with Crippen molar-refractivity contribution in [3.63, 3.8) is 0 Å². The van der Waals surface area contributed by atoms with Gasteiger partial charge in [0.15, 0.2) is 0 Å². The topological polar surface area (TPSA) is 104 Å². The van der Waals surface area contributed by atoms with Gasteiger partial charge in [0, 0.05) is 32.3 Å². The first kappa shape index (κ1) is 21.0. The van der Waals surface area contributed by atoms with Gasteiger partial charge >= 0.3 is 0 Å². The van der Waals surface area contributed by atoms with Crippen LogP contribution in [0, 0.1) is 6.92 Å². The number of amides is 2. The maximum Gasteiger partial charge on any atom is 0.296 e. The number of carbonyl (C=O) groups excluding carboxylic acids is 3. The lowest BCUT2D eigenvalue weighted by Gasteiger charge is -2.33. The molecule has 0 aromatic heterocycles. The maximum atomic E-state index is 13.0. The number of benzene rings is 2. The molecular formula is C22H21N3O5S. The van der Waals surface area contributed by atoms with Gasteiger partial charge < -0.3 is 10.2 Å². The molecule has 31 heavy (non-hydrogen) atoms. The molecule has 1 saturated heterocycles. The highest BCUT2D eigenvalue weighted by molar-refractivity contribution is 7.89. The molecule has 160 valence electrons. The summed E-state index contributed by atoms with van der Waals surface area (Å²) in [6.07, 6.45) is 3.23. The van der Waals surface area contributed by atoms with Crippen molar-refractivity contribution in [1.82, 2.24) is 9.21 Å². The third-order valence-corrected chi connectivity index (χ3v) is 7.27. The fourth-order valence-corrected chi connectivity index (χ4v) is 4.98. The Morgan fingerprint density at radius 2 is 1.68 bits per heavy atom. The zero-order chi connectivity index (χ0) is 22.2. The van der Waals surface area contributed by atoms with Gasteiger partial charge in [0.25, 0.3) is 11.7 Å². The lowest BCUT2D eigenvalue weighted by Crippen LogP contribution is -2.50. The van der Waals surface area contributed by atoms with E-state index in [-0.39, 0.29) is 42.5 Å². The van der Waals surface area contributed by atoms with Gasteiger partial charge in [0.2, 0.25) is 15.9 Å². The lowest BCUT2D eigenvalue weighted by molar-refractivity contribution is -0.127. The van der Waals surface area contributed by atoms with Crippen molar-refractivity contribution in [2.45, 2.75) is 11.8 Å². The van der Waals surface area contributed by atoms with Crippen molar-refractivity contribution in [3.05, 3.63) is 65.2 Å². The summed E-state index contributed by atoms with van der Waals surface area (Å²) in [7, 11) is -3.85. The SMILES string of the molecule is Cc1ccc(/C=C/C(=O)N2CCN(S(=O)(=O)c3ccc4c(c3)C(=O)C(=O)N4)CC2)cc1. The van der Waals surface area contributed by atoms with Crippen LogP contribution in [-0.4, -0.2) is 61.4 Å². The van der Waals surface area contributed by atoms with Gasteiger partial charge in [-0.1, -0.05) is 29.8 Å². The molecule has 2 heterocycles. The second kappa shape index (κ2) is 8.09. The molecule has 0 radical (unpaired) electrons. The van der Waals surface area contributed by atoms with Gasteiger partial charge in [-0.2, -0.15) is 4.31 Å². The number of Topliss-reactive ketones (excluding diaryl/α,β-unsaturated/α-hetero) is 1. The van der Waals surface area contributed by atoms with E-state index in [2.05, 4.69) is 5.32 Å². The predicted molar refractivity (Wildman–Crippen MR) is 115 cm³/mol. The van der Waals surface area contributed by atoms with Gasteiger partial charge in [-0.3, -0.25) is 14.4 Å². The van der Waals surface area contributed by atoms with E-state index in [1.165, 1.54) is 28.6 Å². The van der Waals surface area contributed by atoms with Crippen LogP contribution in [0.25, 0.3) is 6.08 Å². The Bertz CT molecular complexity index is 1190. The first-order valence-corrected chi connectivity index (χ1v) is 11.2. The van der Waals surface area contributed by atoms with E-state index in [1.54, 1.807) is 11.0 Å². The van der Waals surface area contributed by atoms with Gasteiger partial charge in [-0.25, -0.2) is 8.42 Å². The van der Waals surface area contributed by atoms with Crippen molar-refractivity contribution in [1.29, 1.82) is 0 Å². The van der Waals surface area contributed by atoms with Crippen molar-refractivity contribution in [2.24, 2.45) is 0 Å². The Morgan fingerprint density at radius 3 is 2.35 bits per heavy atom. The molecule has 2 aromatic carbocycles. The molecule has 2 aliphatic rings. The average Bonchev–Trinajstić information content (AvgIpc) is 3.06. The Morgan fingerprint density at radius 1 is 1.00 bits per heavy atom. The largest absolute Gasteiger partial charge is 0.337 e. The van der Waals surface area contributed by atoms with E-state index >= 15 is 0 Å². The van der Waals surface area contributed by atoms with E-state index in [9.17, 15) is 22.8 Å². The molecule has 0 bridgehead atoms. The van der Waals surface area contributed by atoms with Crippen molar-refractivity contribution in [2.75, 3.05) is 31.5 Å². The summed E-state index contributed by atoms with van der Waals surface area (Å²) >= 11 is 0. The number of sulfonamides is 1. The minimum absolute atomic E-state index is 0.0462. The summed E-state index contributed by atoms with van der Waals surface area (Å²) in [5.74, 6) is -1.69. The number of ketones is 1. The predicted octanol–water partition coefficient (Wildman–Crippen LogP) is 1.68. The van der Waals surface area contributed by atoms with Crippen LogP contribution in [0.4, 0.5) is 5.69 Å². The number of aryl methyl sites for hydroxylation is 1. The highest BCUT2D eigenvalue weighted by atomic mass is 32.2. The van der Waals surface area contributed by atoms with Crippen LogP contribution >= 0.6 is 0 Å². The van der Waals surface area contributed by atoms with Crippen LogP contribution in [0.1, 0.15) is 21.5 Å². The molecule has 8 nitrogen and oxygen atoms in total. The number of hydrogen-bond acceptors (Lipinski definition) is 5. The van der Waals surface area contributed by atoms with Gasteiger partial charge in [-0.05, 0) is 36.8 Å². The minimum Gasteiger partial charge on any atom is -0.337 e.